The van der Waals surface area contributed by atoms with Crippen molar-refractivity contribution in [2.24, 2.45) is 0 Å². The minimum absolute atomic E-state index is 0.0402. The second kappa shape index (κ2) is 6.28. The Labute approximate surface area is 132 Å². The molecule has 0 saturated carbocycles. The van der Waals surface area contributed by atoms with E-state index in [0.29, 0.717) is 19.1 Å². The van der Waals surface area contributed by atoms with Crippen LogP contribution >= 0.6 is 0 Å². The number of carbonyl (C=O) groups is 1. The Kier molecular flexibility index (Phi) is 4.80. The van der Waals surface area contributed by atoms with Gasteiger partial charge in [0.25, 0.3) is 0 Å². The molecule has 2 amide bonds. The Morgan fingerprint density at radius 1 is 1.59 bits per heavy atom. The molecule has 0 unspecified atom stereocenters. The van der Waals surface area contributed by atoms with Crippen LogP contribution in [0.3, 0.4) is 0 Å². The van der Waals surface area contributed by atoms with Gasteiger partial charge < -0.3 is 15.0 Å². The summed E-state index contributed by atoms with van der Waals surface area (Å²) in [6.07, 6.45) is 2.78. The molecular formula is C16H28N4O2. The minimum atomic E-state index is -0.315. The third-order valence-electron chi connectivity index (χ3n) is 4.15. The zero-order chi connectivity index (χ0) is 16.5. The quantitative estimate of drug-likeness (QED) is 0.933. The second-order valence-electron chi connectivity index (χ2n) is 6.84. The standard InChI is InChI=1S/C16H28N4O2/c1-7-11(2)20-13(4)14(8-17-20)18-15(21)19-9-12(3)22-16(5,6)10-19/h8,11-12H,7,9-10H2,1-6H3,(H,18,21)/t11-,12+/m1/s1. The maximum Gasteiger partial charge on any atom is 0.322 e. The van der Waals surface area contributed by atoms with Crippen molar-refractivity contribution in [1.82, 2.24) is 14.7 Å². The number of nitrogens with zero attached hydrogens (tertiary/aromatic N) is 3. The number of urea groups is 1. The summed E-state index contributed by atoms with van der Waals surface area (Å²) in [7, 11) is 0. The van der Waals surface area contributed by atoms with Crippen LogP contribution in [0.4, 0.5) is 10.5 Å². The van der Waals surface area contributed by atoms with E-state index in [9.17, 15) is 4.79 Å². The first-order valence-corrected chi connectivity index (χ1v) is 8.01. The molecular weight excluding hydrogens is 280 g/mol. The van der Waals surface area contributed by atoms with Crippen LogP contribution in [0.5, 0.6) is 0 Å². The van der Waals surface area contributed by atoms with Gasteiger partial charge in [0.05, 0.1) is 35.8 Å². The Morgan fingerprint density at radius 3 is 2.86 bits per heavy atom. The number of hydrogen-bond donors (Lipinski definition) is 1. The third kappa shape index (κ3) is 3.61. The number of carbonyl (C=O) groups excluding carboxylic acids is 1. The normalized spacial score (nSPS) is 22.5. The Morgan fingerprint density at radius 2 is 2.27 bits per heavy atom. The van der Waals surface area contributed by atoms with E-state index in [1.54, 1.807) is 6.20 Å². The summed E-state index contributed by atoms with van der Waals surface area (Å²) in [6.45, 7) is 13.4. The predicted octanol–water partition coefficient (Wildman–Crippen LogP) is 3.19. The zero-order valence-corrected chi connectivity index (χ0v) is 14.5. The van der Waals surface area contributed by atoms with Crippen LogP contribution in [-0.4, -0.2) is 45.5 Å². The lowest BCUT2D eigenvalue weighted by Crippen LogP contribution is -2.54. The van der Waals surface area contributed by atoms with E-state index in [4.69, 9.17) is 4.74 Å². The summed E-state index contributed by atoms with van der Waals surface area (Å²) < 4.78 is 7.80. The Balaban J connectivity index is 2.08. The average molecular weight is 308 g/mol. The van der Waals surface area contributed by atoms with Crippen molar-refractivity contribution in [2.45, 2.75) is 65.7 Å². The molecule has 2 heterocycles. The Hall–Kier alpha value is -1.56. The van der Waals surface area contributed by atoms with Crippen LogP contribution in [0.15, 0.2) is 6.20 Å². The van der Waals surface area contributed by atoms with E-state index in [1.807, 2.05) is 37.3 Å². The minimum Gasteiger partial charge on any atom is -0.369 e. The maximum atomic E-state index is 12.5. The van der Waals surface area contributed by atoms with Gasteiger partial charge in [-0.25, -0.2) is 4.79 Å². The fourth-order valence-electron chi connectivity index (χ4n) is 2.97. The molecule has 22 heavy (non-hydrogen) atoms. The molecule has 0 spiro atoms. The molecule has 1 aliphatic heterocycles. The van der Waals surface area contributed by atoms with Gasteiger partial charge in [-0.15, -0.1) is 0 Å². The second-order valence-corrected chi connectivity index (χ2v) is 6.84. The molecule has 0 bridgehead atoms. The number of anilines is 1. The van der Waals surface area contributed by atoms with Crippen LogP contribution in [-0.2, 0) is 4.74 Å². The molecule has 6 heteroatoms. The number of nitrogens with one attached hydrogen (secondary N) is 1. The molecule has 1 aromatic heterocycles. The van der Waals surface area contributed by atoms with Crippen molar-refractivity contribution in [3.63, 3.8) is 0 Å². The molecule has 2 rings (SSSR count). The van der Waals surface area contributed by atoms with E-state index in [-0.39, 0.29) is 17.7 Å². The Bertz CT molecular complexity index is 538. The van der Waals surface area contributed by atoms with Gasteiger partial charge in [-0.2, -0.15) is 5.10 Å². The number of aromatic nitrogens is 2. The van der Waals surface area contributed by atoms with E-state index < -0.39 is 0 Å². The number of morpholine rings is 1. The summed E-state index contributed by atoms with van der Waals surface area (Å²) in [6, 6.07) is 0.239. The molecule has 0 aliphatic carbocycles. The van der Waals surface area contributed by atoms with Crippen LogP contribution in [0.1, 0.15) is 52.8 Å². The monoisotopic (exact) mass is 308 g/mol. The SMILES string of the molecule is CC[C@@H](C)n1ncc(NC(=O)N2C[C@H](C)OC(C)(C)C2)c1C. The van der Waals surface area contributed by atoms with Crippen LogP contribution in [0.2, 0.25) is 0 Å². The molecule has 6 nitrogen and oxygen atoms in total. The molecule has 124 valence electrons. The molecule has 1 aliphatic rings. The van der Waals surface area contributed by atoms with Gasteiger partial charge in [-0.1, -0.05) is 6.92 Å². The molecule has 0 aromatic carbocycles. The van der Waals surface area contributed by atoms with Gasteiger partial charge in [0.15, 0.2) is 0 Å². The van der Waals surface area contributed by atoms with Crippen LogP contribution in [0, 0.1) is 6.92 Å². The van der Waals surface area contributed by atoms with E-state index in [0.717, 1.165) is 17.8 Å². The van der Waals surface area contributed by atoms with Crippen molar-refractivity contribution in [2.75, 3.05) is 18.4 Å². The first-order valence-electron chi connectivity index (χ1n) is 8.01. The highest BCUT2D eigenvalue weighted by molar-refractivity contribution is 5.89. The number of hydrogen-bond acceptors (Lipinski definition) is 3. The first-order chi connectivity index (χ1) is 10.2. The van der Waals surface area contributed by atoms with Gasteiger partial charge in [0, 0.05) is 12.6 Å². The largest absolute Gasteiger partial charge is 0.369 e. The van der Waals surface area contributed by atoms with Crippen molar-refractivity contribution in [3.8, 4) is 0 Å². The predicted molar refractivity (Wildman–Crippen MR) is 87.2 cm³/mol. The smallest absolute Gasteiger partial charge is 0.322 e. The fourth-order valence-corrected chi connectivity index (χ4v) is 2.97. The van der Waals surface area contributed by atoms with Gasteiger partial charge in [0.1, 0.15) is 0 Å². The maximum absolute atomic E-state index is 12.5. The average Bonchev–Trinajstić information content (AvgIpc) is 2.77. The number of rotatable bonds is 3. The van der Waals surface area contributed by atoms with Crippen LogP contribution in [0.25, 0.3) is 0 Å². The van der Waals surface area contributed by atoms with Gasteiger partial charge >= 0.3 is 6.03 Å². The van der Waals surface area contributed by atoms with Gasteiger partial charge in [-0.05, 0) is 41.0 Å². The first kappa shape index (κ1) is 16.8. The van der Waals surface area contributed by atoms with E-state index in [2.05, 4.69) is 24.3 Å². The summed E-state index contributed by atoms with van der Waals surface area (Å²) in [5.41, 5.74) is 1.45. The van der Waals surface area contributed by atoms with Crippen LogP contribution < -0.4 is 5.32 Å². The highest BCUT2D eigenvalue weighted by Crippen LogP contribution is 2.23. The van der Waals surface area contributed by atoms with E-state index >= 15 is 0 Å². The van der Waals surface area contributed by atoms with Crippen molar-refractivity contribution in [3.05, 3.63) is 11.9 Å². The lowest BCUT2D eigenvalue weighted by molar-refractivity contribution is -0.116. The lowest BCUT2D eigenvalue weighted by atomic mass is 10.1. The highest BCUT2D eigenvalue weighted by Gasteiger charge is 2.34. The van der Waals surface area contributed by atoms with Crippen molar-refractivity contribution >= 4 is 11.7 Å². The molecule has 1 saturated heterocycles. The zero-order valence-electron chi connectivity index (χ0n) is 14.5. The van der Waals surface area contributed by atoms with Gasteiger partial charge in [0.2, 0.25) is 0 Å². The number of amides is 2. The summed E-state index contributed by atoms with van der Waals surface area (Å²) in [5, 5.41) is 7.37. The lowest BCUT2D eigenvalue weighted by Gasteiger charge is -2.41. The highest BCUT2D eigenvalue weighted by atomic mass is 16.5. The number of ether oxygens (including phenoxy) is 1. The fraction of sp³-hybridized carbons (Fsp3) is 0.750. The van der Waals surface area contributed by atoms with Gasteiger partial charge in [-0.3, -0.25) is 4.68 Å². The summed E-state index contributed by atoms with van der Waals surface area (Å²) in [4.78, 5) is 14.3. The topological polar surface area (TPSA) is 59.4 Å². The molecule has 1 fully saturated rings. The van der Waals surface area contributed by atoms with E-state index in [1.165, 1.54) is 0 Å². The summed E-state index contributed by atoms with van der Waals surface area (Å²) in [5.74, 6) is 0. The summed E-state index contributed by atoms with van der Waals surface area (Å²) >= 11 is 0. The molecule has 1 aromatic rings. The molecule has 0 radical (unpaired) electrons. The molecule has 2 atom stereocenters. The van der Waals surface area contributed by atoms with Crippen molar-refractivity contribution in [1.29, 1.82) is 0 Å². The van der Waals surface area contributed by atoms with Crippen molar-refractivity contribution < 1.29 is 9.53 Å². The third-order valence-corrected chi connectivity index (χ3v) is 4.15. The molecule has 1 N–H and O–H groups in total.